The van der Waals surface area contributed by atoms with Crippen molar-refractivity contribution < 1.29 is 4.74 Å². The molecule has 0 aliphatic rings. The molecule has 0 bridgehead atoms. The number of aromatic nitrogens is 2. The second-order valence-corrected chi connectivity index (χ2v) is 3.57. The Balaban J connectivity index is 2.66. The Kier molecular flexibility index (Phi) is 4.38. The molecule has 6 heteroatoms. The highest BCUT2D eigenvalue weighted by Gasteiger charge is 2.04. The Labute approximate surface area is 92.6 Å². The van der Waals surface area contributed by atoms with Crippen LogP contribution in [0.4, 0.5) is 5.82 Å². The van der Waals surface area contributed by atoms with E-state index in [1.54, 1.807) is 13.2 Å². The van der Waals surface area contributed by atoms with Crippen LogP contribution >= 0.6 is 23.2 Å². The number of hydrogen-bond donors (Lipinski definition) is 1. The molecule has 0 fully saturated rings. The minimum absolute atomic E-state index is 0.129. The molecule has 1 atom stereocenters. The van der Waals surface area contributed by atoms with E-state index in [1.807, 2.05) is 6.92 Å². The lowest BCUT2D eigenvalue weighted by molar-refractivity contribution is 0.190. The van der Waals surface area contributed by atoms with E-state index in [4.69, 9.17) is 27.9 Å². The van der Waals surface area contributed by atoms with Crippen LogP contribution in [-0.4, -0.2) is 29.7 Å². The Morgan fingerprint density at radius 2 is 2.21 bits per heavy atom. The van der Waals surface area contributed by atoms with E-state index in [2.05, 4.69) is 15.3 Å². The van der Waals surface area contributed by atoms with E-state index < -0.39 is 0 Å². The highest BCUT2D eigenvalue weighted by molar-refractivity contribution is 6.32. The number of nitrogens with zero attached hydrogens (tertiary/aromatic N) is 2. The van der Waals surface area contributed by atoms with Crippen molar-refractivity contribution in [2.45, 2.75) is 13.0 Å². The highest BCUT2D eigenvalue weighted by Crippen LogP contribution is 2.14. The number of rotatable bonds is 4. The molecule has 1 N–H and O–H groups in total. The topological polar surface area (TPSA) is 47.0 Å². The zero-order valence-electron chi connectivity index (χ0n) is 7.92. The van der Waals surface area contributed by atoms with Gasteiger partial charge < -0.3 is 10.1 Å². The van der Waals surface area contributed by atoms with E-state index in [1.165, 1.54) is 0 Å². The molecule has 1 aromatic rings. The second-order valence-electron chi connectivity index (χ2n) is 2.85. The zero-order valence-corrected chi connectivity index (χ0v) is 9.43. The average molecular weight is 236 g/mol. The fourth-order valence-corrected chi connectivity index (χ4v) is 1.42. The van der Waals surface area contributed by atoms with Gasteiger partial charge in [0.25, 0.3) is 0 Å². The van der Waals surface area contributed by atoms with E-state index in [0.717, 1.165) is 0 Å². The quantitative estimate of drug-likeness (QED) is 0.643. The zero-order chi connectivity index (χ0) is 10.6. The Morgan fingerprint density at radius 3 is 2.79 bits per heavy atom. The number of hydrogen-bond acceptors (Lipinski definition) is 4. The first-order valence-corrected chi connectivity index (χ1v) is 4.83. The van der Waals surface area contributed by atoms with Crippen molar-refractivity contribution >= 4 is 29.0 Å². The van der Waals surface area contributed by atoms with Gasteiger partial charge in [0.1, 0.15) is 11.0 Å². The minimum atomic E-state index is 0.129. The Bertz CT molecular complexity index is 288. The summed E-state index contributed by atoms with van der Waals surface area (Å²) in [6.07, 6.45) is 0. The summed E-state index contributed by atoms with van der Waals surface area (Å²) in [6, 6.07) is 1.75. The lowest BCUT2D eigenvalue weighted by Crippen LogP contribution is -2.21. The summed E-state index contributed by atoms with van der Waals surface area (Å²) in [5, 5.41) is 3.53. The van der Waals surface area contributed by atoms with E-state index in [0.29, 0.717) is 17.6 Å². The molecule has 4 nitrogen and oxygen atoms in total. The molecule has 78 valence electrons. The maximum atomic E-state index is 5.70. The fourth-order valence-electron chi connectivity index (χ4n) is 1.01. The largest absolute Gasteiger partial charge is 0.383 e. The predicted molar refractivity (Wildman–Crippen MR) is 57.0 cm³/mol. The van der Waals surface area contributed by atoms with E-state index >= 15 is 0 Å². The van der Waals surface area contributed by atoms with Crippen LogP contribution in [0.3, 0.4) is 0 Å². The lowest BCUT2D eigenvalue weighted by atomic mass is 10.3. The van der Waals surface area contributed by atoms with Crippen LogP contribution in [0.2, 0.25) is 10.4 Å². The van der Waals surface area contributed by atoms with Gasteiger partial charge in [-0.1, -0.05) is 11.6 Å². The molecule has 0 aliphatic heterocycles. The van der Waals surface area contributed by atoms with Crippen molar-refractivity contribution in [3.8, 4) is 0 Å². The molecule has 0 saturated carbocycles. The third-order valence-corrected chi connectivity index (χ3v) is 1.84. The van der Waals surface area contributed by atoms with Crippen LogP contribution in [0, 0.1) is 0 Å². The van der Waals surface area contributed by atoms with Crippen LogP contribution in [0.5, 0.6) is 0 Å². The van der Waals surface area contributed by atoms with E-state index in [9.17, 15) is 0 Å². The van der Waals surface area contributed by atoms with Gasteiger partial charge in [0.15, 0.2) is 0 Å². The molecule has 1 heterocycles. The van der Waals surface area contributed by atoms with E-state index in [-0.39, 0.29) is 11.3 Å². The summed E-state index contributed by atoms with van der Waals surface area (Å²) in [7, 11) is 1.64. The SMILES string of the molecule is COCC(C)Nc1cc(Cl)nc(Cl)n1. The monoisotopic (exact) mass is 235 g/mol. The lowest BCUT2D eigenvalue weighted by Gasteiger charge is -2.13. The van der Waals surface area contributed by atoms with Gasteiger partial charge in [0.2, 0.25) is 5.28 Å². The number of anilines is 1. The standard InChI is InChI=1S/C8H11Cl2N3O/c1-5(4-14-2)11-7-3-6(9)12-8(10)13-7/h3,5H,4H2,1-2H3,(H,11,12,13). The summed E-state index contributed by atoms with van der Waals surface area (Å²) in [5.41, 5.74) is 0. The Hall–Kier alpha value is -0.580. The molecule has 0 radical (unpaired) electrons. The molecule has 1 unspecified atom stereocenters. The van der Waals surface area contributed by atoms with Gasteiger partial charge in [-0.05, 0) is 18.5 Å². The van der Waals surface area contributed by atoms with Gasteiger partial charge in [-0.3, -0.25) is 0 Å². The number of methoxy groups -OCH3 is 1. The molecule has 0 saturated heterocycles. The van der Waals surface area contributed by atoms with Crippen molar-refractivity contribution in [1.82, 2.24) is 9.97 Å². The third-order valence-electron chi connectivity index (χ3n) is 1.48. The van der Waals surface area contributed by atoms with Gasteiger partial charge >= 0.3 is 0 Å². The minimum Gasteiger partial charge on any atom is -0.383 e. The number of nitrogens with one attached hydrogen (secondary N) is 1. The first-order valence-electron chi connectivity index (χ1n) is 4.07. The molecule has 1 aromatic heterocycles. The summed E-state index contributed by atoms with van der Waals surface area (Å²) >= 11 is 11.3. The van der Waals surface area contributed by atoms with Gasteiger partial charge in [-0.25, -0.2) is 9.97 Å². The van der Waals surface area contributed by atoms with Gasteiger partial charge in [-0.15, -0.1) is 0 Å². The molecule has 0 amide bonds. The highest BCUT2D eigenvalue weighted by atomic mass is 35.5. The summed E-state index contributed by atoms with van der Waals surface area (Å²) in [6.45, 7) is 2.55. The van der Waals surface area contributed by atoms with Crippen LogP contribution in [0.15, 0.2) is 6.07 Å². The molecule has 0 spiro atoms. The van der Waals surface area contributed by atoms with Crippen molar-refractivity contribution in [1.29, 1.82) is 0 Å². The molecule has 1 rings (SSSR count). The normalized spacial score (nSPS) is 12.6. The molecule has 0 aliphatic carbocycles. The fraction of sp³-hybridized carbons (Fsp3) is 0.500. The molecule has 0 aromatic carbocycles. The van der Waals surface area contributed by atoms with Crippen molar-refractivity contribution in [2.75, 3.05) is 19.0 Å². The van der Waals surface area contributed by atoms with Crippen molar-refractivity contribution in [3.05, 3.63) is 16.5 Å². The number of ether oxygens (including phenoxy) is 1. The first kappa shape index (κ1) is 11.5. The van der Waals surface area contributed by atoms with Crippen molar-refractivity contribution in [3.63, 3.8) is 0 Å². The van der Waals surface area contributed by atoms with Gasteiger partial charge in [0, 0.05) is 19.2 Å². The second kappa shape index (κ2) is 5.34. The molecular weight excluding hydrogens is 225 g/mol. The van der Waals surface area contributed by atoms with Crippen molar-refractivity contribution in [2.24, 2.45) is 0 Å². The third kappa shape index (κ3) is 3.65. The van der Waals surface area contributed by atoms with Gasteiger partial charge in [0.05, 0.1) is 6.61 Å². The first-order chi connectivity index (χ1) is 6.61. The summed E-state index contributed by atoms with van der Waals surface area (Å²) in [4.78, 5) is 7.70. The smallest absolute Gasteiger partial charge is 0.225 e. The maximum Gasteiger partial charge on any atom is 0.225 e. The van der Waals surface area contributed by atoms with Gasteiger partial charge in [-0.2, -0.15) is 0 Å². The Morgan fingerprint density at radius 1 is 1.50 bits per heavy atom. The van der Waals surface area contributed by atoms with Crippen LogP contribution in [0.25, 0.3) is 0 Å². The predicted octanol–water partition coefficient (Wildman–Crippen LogP) is 2.23. The molecule has 14 heavy (non-hydrogen) atoms. The van der Waals surface area contributed by atoms with Crippen LogP contribution in [-0.2, 0) is 4.74 Å². The molecular formula is C8H11Cl2N3O. The average Bonchev–Trinajstić information content (AvgIpc) is 2.01. The van der Waals surface area contributed by atoms with Crippen LogP contribution < -0.4 is 5.32 Å². The van der Waals surface area contributed by atoms with Crippen LogP contribution in [0.1, 0.15) is 6.92 Å². The number of halogens is 2. The maximum absolute atomic E-state index is 5.70. The summed E-state index contributed by atoms with van der Waals surface area (Å²) < 4.78 is 4.96. The summed E-state index contributed by atoms with van der Waals surface area (Å²) in [5.74, 6) is 0.597.